The van der Waals surface area contributed by atoms with Crippen LogP contribution < -0.4 is 5.73 Å². The Morgan fingerprint density at radius 3 is 2.17 bits per heavy atom. The van der Waals surface area contributed by atoms with Gasteiger partial charge in [0.15, 0.2) is 0 Å². The van der Waals surface area contributed by atoms with Gasteiger partial charge in [0, 0.05) is 6.61 Å². The zero-order valence-electron chi connectivity index (χ0n) is 12.1. The third-order valence-electron chi connectivity index (χ3n) is 1.84. The van der Waals surface area contributed by atoms with Gasteiger partial charge in [-0.15, -0.1) is 0 Å². The number of benzene rings is 1. The molecule has 1 rings (SSSR count). The van der Waals surface area contributed by atoms with Gasteiger partial charge in [-0.2, -0.15) is 0 Å². The van der Waals surface area contributed by atoms with Crippen LogP contribution in [0.25, 0.3) is 0 Å². The highest BCUT2D eigenvalue weighted by Crippen LogP contribution is 2.01. The molecule has 0 saturated carbocycles. The number of amides is 1. The van der Waals surface area contributed by atoms with Crippen LogP contribution in [0.5, 0.6) is 0 Å². The van der Waals surface area contributed by atoms with Gasteiger partial charge < -0.3 is 10.5 Å². The van der Waals surface area contributed by atoms with Crippen LogP contribution in [0.1, 0.15) is 39.7 Å². The van der Waals surface area contributed by atoms with Crippen LogP contribution >= 0.6 is 0 Å². The third kappa shape index (κ3) is 12.7. The number of ether oxygens (including phenoxy) is 1. The Morgan fingerprint density at radius 1 is 1.11 bits per heavy atom. The summed E-state index contributed by atoms with van der Waals surface area (Å²) in [7, 11) is 0. The van der Waals surface area contributed by atoms with Gasteiger partial charge in [-0.3, -0.25) is 4.79 Å². The molecule has 0 atom stereocenters. The van der Waals surface area contributed by atoms with Crippen molar-refractivity contribution in [2.75, 3.05) is 13.2 Å². The van der Waals surface area contributed by atoms with E-state index >= 15 is 0 Å². The summed E-state index contributed by atoms with van der Waals surface area (Å²) in [6.07, 6.45) is 1.89. The number of nitrogens with two attached hydrogens (primary N) is 1. The summed E-state index contributed by atoms with van der Waals surface area (Å²) in [5.41, 5.74) is 6.21. The first-order valence-electron chi connectivity index (χ1n) is 6.69. The average Bonchev–Trinajstić information content (AvgIpc) is 2.44. The molecule has 0 radical (unpaired) electrons. The monoisotopic (exact) mass is 253 g/mol. The molecule has 0 fully saturated rings. The maximum absolute atomic E-state index is 10.3. The molecule has 0 heterocycles. The number of primary amides is 1. The van der Waals surface area contributed by atoms with Crippen LogP contribution in [-0.2, 0) is 16.0 Å². The first-order chi connectivity index (χ1) is 8.79. The number of hydrogen-bond donors (Lipinski definition) is 1. The molecule has 3 heteroatoms. The van der Waals surface area contributed by atoms with E-state index in [0.717, 1.165) is 12.8 Å². The van der Waals surface area contributed by atoms with Crippen LogP contribution in [0.2, 0.25) is 0 Å². The minimum absolute atomic E-state index is 0.0226. The number of rotatable bonds is 6. The second-order valence-corrected chi connectivity index (χ2v) is 3.11. The van der Waals surface area contributed by atoms with Crippen molar-refractivity contribution in [3.8, 4) is 0 Å². The standard InChI is InChI=1S/C11H15NO2.2C2H6/c12-11(13)9-14-8-4-7-10-5-2-1-3-6-10;2*1-2/h1-3,5-6H,4,7-9H2,(H2,12,13);2*1-2H3. The van der Waals surface area contributed by atoms with Gasteiger partial charge in [-0.05, 0) is 18.4 Å². The van der Waals surface area contributed by atoms with Crippen molar-refractivity contribution in [1.82, 2.24) is 0 Å². The zero-order chi connectivity index (χ0) is 14.2. The Balaban J connectivity index is 0. The first kappa shape index (κ1) is 19.0. The fourth-order valence-electron chi connectivity index (χ4n) is 1.20. The van der Waals surface area contributed by atoms with Crippen LogP contribution in [0.3, 0.4) is 0 Å². The predicted molar refractivity (Wildman–Crippen MR) is 77.5 cm³/mol. The van der Waals surface area contributed by atoms with Crippen LogP contribution in [0.15, 0.2) is 30.3 Å². The Hall–Kier alpha value is -1.35. The van der Waals surface area contributed by atoms with Gasteiger partial charge in [0.25, 0.3) is 0 Å². The van der Waals surface area contributed by atoms with Gasteiger partial charge in [0.05, 0.1) is 0 Å². The van der Waals surface area contributed by atoms with E-state index in [4.69, 9.17) is 10.5 Å². The van der Waals surface area contributed by atoms with Crippen molar-refractivity contribution >= 4 is 5.91 Å². The van der Waals surface area contributed by atoms with Crippen molar-refractivity contribution in [2.45, 2.75) is 40.5 Å². The number of aryl methyl sites for hydroxylation is 1. The van der Waals surface area contributed by atoms with Gasteiger partial charge in [-0.1, -0.05) is 58.0 Å². The van der Waals surface area contributed by atoms with Crippen LogP contribution in [-0.4, -0.2) is 19.1 Å². The van der Waals surface area contributed by atoms with E-state index in [2.05, 4.69) is 12.1 Å². The fraction of sp³-hybridized carbons (Fsp3) is 0.533. The lowest BCUT2D eigenvalue weighted by Gasteiger charge is -2.01. The van der Waals surface area contributed by atoms with Crippen molar-refractivity contribution in [1.29, 1.82) is 0 Å². The summed E-state index contributed by atoms with van der Waals surface area (Å²) in [5.74, 6) is -0.412. The van der Waals surface area contributed by atoms with Crippen LogP contribution in [0, 0.1) is 0 Å². The largest absolute Gasteiger partial charge is 0.372 e. The molecule has 0 spiro atoms. The quantitative estimate of drug-likeness (QED) is 0.792. The van der Waals surface area contributed by atoms with Crippen molar-refractivity contribution in [3.05, 3.63) is 35.9 Å². The van der Waals surface area contributed by atoms with Crippen molar-refractivity contribution < 1.29 is 9.53 Å². The molecular weight excluding hydrogens is 226 g/mol. The summed E-state index contributed by atoms with van der Waals surface area (Å²) in [4.78, 5) is 10.3. The molecule has 0 saturated heterocycles. The topological polar surface area (TPSA) is 52.3 Å². The molecule has 1 aromatic rings. The van der Waals surface area contributed by atoms with Crippen molar-refractivity contribution in [2.24, 2.45) is 5.73 Å². The Kier molecular flexibility index (Phi) is 16.5. The highest BCUT2D eigenvalue weighted by Gasteiger charge is 1.94. The van der Waals surface area contributed by atoms with E-state index in [1.165, 1.54) is 5.56 Å². The SMILES string of the molecule is CC.CC.NC(=O)COCCCc1ccccc1. The lowest BCUT2D eigenvalue weighted by atomic mass is 10.1. The summed E-state index contributed by atoms with van der Waals surface area (Å²) in [5, 5.41) is 0. The fourth-order valence-corrected chi connectivity index (χ4v) is 1.20. The smallest absolute Gasteiger partial charge is 0.243 e. The van der Waals surface area contributed by atoms with Gasteiger partial charge in [0.1, 0.15) is 6.61 Å². The number of carbonyl (C=O) groups excluding carboxylic acids is 1. The van der Waals surface area contributed by atoms with Gasteiger partial charge in [0.2, 0.25) is 5.91 Å². The lowest BCUT2D eigenvalue weighted by molar-refractivity contribution is -0.122. The lowest BCUT2D eigenvalue weighted by Crippen LogP contribution is -2.18. The summed E-state index contributed by atoms with van der Waals surface area (Å²) >= 11 is 0. The van der Waals surface area contributed by atoms with E-state index in [0.29, 0.717) is 6.61 Å². The molecule has 0 aliphatic heterocycles. The summed E-state index contributed by atoms with van der Waals surface area (Å²) in [6, 6.07) is 10.2. The van der Waals surface area contributed by atoms with E-state index in [1.54, 1.807) is 0 Å². The minimum atomic E-state index is -0.412. The molecule has 0 aliphatic carbocycles. The molecule has 1 amide bonds. The first-order valence-corrected chi connectivity index (χ1v) is 6.69. The molecule has 0 unspecified atom stereocenters. The average molecular weight is 253 g/mol. The third-order valence-corrected chi connectivity index (χ3v) is 1.84. The Morgan fingerprint density at radius 2 is 1.67 bits per heavy atom. The Labute approximate surface area is 111 Å². The van der Waals surface area contributed by atoms with E-state index < -0.39 is 5.91 Å². The summed E-state index contributed by atoms with van der Waals surface area (Å²) < 4.78 is 5.04. The predicted octanol–water partition coefficient (Wildman–Crippen LogP) is 3.17. The highest BCUT2D eigenvalue weighted by molar-refractivity contribution is 5.74. The maximum atomic E-state index is 10.3. The van der Waals surface area contributed by atoms with Crippen molar-refractivity contribution in [3.63, 3.8) is 0 Å². The van der Waals surface area contributed by atoms with E-state index in [9.17, 15) is 4.79 Å². The number of carbonyl (C=O) groups is 1. The number of hydrogen-bond acceptors (Lipinski definition) is 2. The summed E-state index contributed by atoms with van der Waals surface area (Å²) in [6.45, 7) is 8.60. The second-order valence-electron chi connectivity index (χ2n) is 3.11. The van der Waals surface area contributed by atoms with Crippen LogP contribution in [0.4, 0.5) is 0 Å². The molecule has 3 nitrogen and oxygen atoms in total. The van der Waals surface area contributed by atoms with E-state index in [1.807, 2.05) is 45.9 Å². The van der Waals surface area contributed by atoms with Gasteiger partial charge >= 0.3 is 0 Å². The molecule has 2 N–H and O–H groups in total. The molecule has 0 aromatic heterocycles. The van der Waals surface area contributed by atoms with Gasteiger partial charge in [-0.25, -0.2) is 0 Å². The molecular formula is C15H27NO2. The molecule has 1 aromatic carbocycles. The molecule has 104 valence electrons. The minimum Gasteiger partial charge on any atom is -0.372 e. The second kappa shape index (κ2) is 15.6. The Bertz CT molecular complexity index is 273. The zero-order valence-corrected chi connectivity index (χ0v) is 12.1. The highest BCUT2D eigenvalue weighted by atomic mass is 16.5. The molecule has 0 aliphatic rings. The molecule has 0 bridgehead atoms. The maximum Gasteiger partial charge on any atom is 0.243 e. The van der Waals surface area contributed by atoms with E-state index in [-0.39, 0.29) is 6.61 Å². The molecule has 18 heavy (non-hydrogen) atoms. The normalized spacial score (nSPS) is 8.44.